The molecular formula is C14H12ClFN4O3. The van der Waals surface area contributed by atoms with Gasteiger partial charge in [-0.15, -0.1) is 5.10 Å². The predicted molar refractivity (Wildman–Crippen MR) is 78.0 cm³/mol. The number of benzene rings is 1. The fraction of sp³-hybridized carbons (Fsp3) is 0.286. The molecule has 0 atom stereocenters. The van der Waals surface area contributed by atoms with Crippen LogP contribution in [0, 0.1) is 5.82 Å². The van der Waals surface area contributed by atoms with E-state index in [1.54, 1.807) is 6.07 Å². The van der Waals surface area contributed by atoms with Crippen molar-refractivity contribution >= 4 is 23.5 Å². The third kappa shape index (κ3) is 3.16. The van der Waals surface area contributed by atoms with Gasteiger partial charge in [-0.25, -0.2) is 9.07 Å². The summed E-state index contributed by atoms with van der Waals surface area (Å²) in [6.07, 6.45) is 2.78. The van der Waals surface area contributed by atoms with Crippen molar-refractivity contribution in [2.24, 2.45) is 0 Å². The molecule has 1 aliphatic carbocycles. The number of carboxylic acids is 1. The van der Waals surface area contributed by atoms with E-state index < -0.39 is 24.2 Å². The van der Waals surface area contributed by atoms with Crippen LogP contribution in [-0.4, -0.2) is 49.5 Å². The average Bonchev–Trinajstić information content (AvgIpc) is 3.23. The van der Waals surface area contributed by atoms with Gasteiger partial charge in [0.2, 0.25) is 0 Å². The van der Waals surface area contributed by atoms with E-state index in [-0.39, 0.29) is 22.4 Å². The Bertz CT molecular complexity index is 775. The number of carboxylic acid groups (broad SMARTS) is 1. The minimum Gasteiger partial charge on any atom is -0.480 e. The fourth-order valence-electron chi connectivity index (χ4n) is 2.19. The van der Waals surface area contributed by atoms with Crippen LogP contribution < -0.4 is 0 Å². The lowest BCUT2D eigenvalue weighted by molar-refractivity contribution is -0.137. The molecule has 0 saturated heterocycles. The highest BCUT2D eigenvalue weighted by molar-refractivity contribution is 6.30. The van der Waals surface area contributed by atoms with Crippen LogP contribution in [0.1, 0.15) is 23.3 Å². The summed E-state index contributed by atoms with van der Waals surface area (Å²) in [5.41, 5.74) is 0.0118. The van der Waals surface area contributed by atoms with Gasteiger partial charge >= 0.3 is 5.97 Å². The zero-order valence-corrected chi connectivity index (χ0v) is 12.6. The second-order valence-electron chi connectivity index (χ2n) is 5.18. The maximum Gasteiger partial charge on any atom is 0.323 e. The van der Waals surface area contributed by atoms with Crippen molar-refractivity contribution in [3.63, 3.8) is 0 Å². The number of hydrogen-bond acceptors (Lipinski definition) is 4. The van der Waals surface area contributed by atoms with Crippen molar-refractivity contribution in [3.8, 4) is 5.69 Å². The zero-order valence-electron chi connectivity index (χ0n) is 11.8. The number of halogens is 2. The van der Waals surface area contributed by atoms with Crippen molar-refractivity contribution in [3.05, 3.63) is 40.9 Å². The number of carbonyl (C=O) groups excluding carboxylic acids is 1. The summed E-state index contributed by atoms with van der Waals surface area (Å²) < 4.78 is 15.1. The van der Waals surface area contributed by atoms with Gasteiger partial charge in [-0.05, 0) is 25.0 Å². The Labute approximate surface area is 135 Å². The Hall–Kier alpha value is -2.48. The molecule has 3 rings (SSSR count). The molecular weight excluding hydrogens is 327 g/mol. The SMILES string of the molecule is O=C(O)CN(C(=O)c1cn(-c2cccc(Cl)c2F)nn1)C1CC1. The summed E-state index contributed by atoms with van der Waals surface area (Å²) in [5.74, 6) is -2.32. The van der Waals surface area contributed by atoms with Gasteiger partial charge in [0.25, 0.3) is 5.91 Å². The summed E-state index contributed by atoms with van der Waals surface area (Å²) in [4.78, 5) is 24.5. The van der Waals surface area contributed by atoms with Crippen LogP contribution >= 0.6 is 11.6 Å². The average molecular weight is 339 g/mol. The molecule has 0 bridgehead atoms. The van der Waals surface area contributed by atoms with E-state index in [2.05, 4.69) is 10.3 Å². The molecule has 120 valence electrons. The van der Waals surface area contributed by atoms with Gasteiger partial charge in [-0.1, -0.05) is 22.9 Å². The standard InChI is InChI=1S/C14H12ClFN4O3/c15-9-2-1-3-11(13(9)16)20-6-10(17-18-20)14(23)19(7-12(21)22)8-4-5-8/h1-3,6,8H,4-5,7H2,(H,21,22). The zero-order chi connectivity index (χ0) is 16.6. The highest BCUT2D eigenvalue weighted by Gasteiger charge is 2.35. The highest BCUT2D eigenvalue weighted by atomic mass is 35.5. The third-order valence-corrected chi connectivity index (χ3v) is 3.74. The van der Waals surface area contributed by atoms with Gasteiger partial charge in [0.05, 0.1) is 11.2 Å². The van der Waals surface area contributed by atoms with Crippen LogP contribution in [0.5, 0.6) is 0 Å². The molecule has 1 N–H and O–H groups in total. The van der Waals surface area contributed by atoms with Gasteiger partial charge in [-0.2, -0.15) is 0 Å². The first-order valence-corrected chi connectivity index (χ1v) is 7.24. The number of amides is 1. The van der Waals surface area contributed by atoms with Crippen LogP contribution in [0.2, 0.25) is 5.02 Å². The molecule has 0 spiro atoms. The number of hydrogen-bond donors (Lipinski definition) is 1. The third-order valence-electron chi connectivity index (χ3n) is 3.44. The Morgan fingerprint density at radius 1 is 1.43 bits per heavy atom. The van der Waals surface area contributed by atoms with Crippen molar-refractivity contribution in [1.82, 2.24) is 19.9 Å². The highest BCUT2D eigenvalue weighted by Crippen LogP contribution is 2.28. The molecule has 1 saturated carbocycles. The van der Waals surface area contributed by atoms with Crippen molar-refractivity contribution in [1.29, 1.82) is 0 Å². The molecule has 1 aromatic carbocycles. The summed E-state index contributed by atoms with van der Waals surface area (Å²) in [6, 6.07) is 4.29. The maximum absolute atomic E-state index is 14.0. The van der Waals surface area contributed by atoms with Crippen molar-refractivity contribution < 1.29 is 19.1 Å². The lowest BCUT2D eigenvalue weighted by Crippen LogP contribution is -2.37. The van der Waals surface area contributed by atoms with Crippen LogP contribution in [0.4, 0.5) is 4.39 Å². The molecule has 1 aromatic heterocycles. The van der Waals surface area contributed by atoms with Gasteiger partial charge in [0, 0.05) is 6.04 Å². The normalized spacial score (nSPS) is 13.8. The minimum atomic E-state index is -1.10. The molecule has 23 heavy (non-hydrogen) atoms. The fourth-order valence-corrected chi connectivity index (χ4v) is 2.36. The van der Waals surface area contributed by atoms with Gasteiger partial charge in [0.15, 0.2) is 11.5 Å². The van der Waals surface area contributed by atoms with Gasteiger partial charge in [-0.3, -0.25) is 9.59 Å². The lowest BCUT2D eigenvalue weighted by Gasteiger charge is -2.18. The Balaban J connectivity index is 1.87. The van der Waals surface area contributed by atoms with E-state index in [1.807, 2.05) is 0 Å². The number of rotatable bonds is 5. The van der Waals surface area contributed by atoms with E-state index >= 15 is 0 Å². The van der Waals surface area contributed by atoms with Crippen molar-refractivity contribution in [2.75, 3.05) is 6.54 Å². The van der Waals surface area contributed by atoms with Crippen LogP contribution in [0.3, 0.4) is 0 Å². The summed E-state index contributed by atoms with van der Waals surface area (Å²) in [5, 5.41) is 16.3. The molecule has 9 heteroatoms. The molecule has 7 nitrogen and oxygen atoms in total. The van der Waals surface area contributed by atoms with Crippen LogP contribution in [0.15, 0.2) is 24.4 Å². The van der Waals surface area contributed by atoms with Crippen LogP contribution in [-0.2, 0) is 4.79 Å². The second kappa shape index (κ2) is 5.96. The molecule has 0 unspecified atom stereocenters. The van der Waals surface area contributed by atoms with E-state index in [1.165, 1.54) is 23.2 Å². The maximum atomic E-state index is 14.0. The molecule has 1 amide bonds. The molecule has 1 heterocycles. The molecule has 2 aromatic rings. The summed E-state index contributed by atoms with van der Waals surface area (Å²) in [6.45, 7) is -0.401. The first-order chi connectivity index (χ1) is 11.0. The number of aliphatic carboxylic acids is 1. The van der Waals surface area contributed by atoms with E-state index in [9.17, 15) is 14.0 Å². The topological polar surface area (TPSA) is 88.3 Å². The molecule has 0 aliphatic heterocycles. The van der Waals surface area contributed by atoms with E-state index in [0.717, 1.165) is 17.5 Å². The Morgan fingerprint density at radius 3 is 2.83 bits per heavy atom. The van der Waals surface area contributed by atoms with E-state index in [4.69, 9.17) is 16.7 Å². The van der Waals surface area contributed by atoms with Crippen LogP contribution in [0.25, 0.3) is 5.69 Å². The quantitative estimate of drug-likeness (QED) is 0.897. The number of nitrogens with zero attached hydrogens (tertiary/aromatic N) is 4. The smallest absolute Gasteiger partial charge is 0.323 e. The van der Waals surface area contributed by atoms with E-state index in [0.29, 0.717) is 0 Å². The first-order valence-electron chi connectivity index (χ1n) is 6.87. The van der Waals surface area contributed by atoms with Crippen molar-refractivity contribution in [2.45, 2.75) is 18.9 Å². The minimum absolute atomic E-state index is 0.0440. The predicted octanol–water partition coefficient (Wildman–Crippen LogP) is 1.75. The van der Waals surface area contributed by atoms with Gasteiger partial charge in [0.1, 0.15) is 12.2 Å². The summed E-state index contributed by atoms with van der Waals surface area (Å²) >= 11 is 5.71. The monoisotopic (exact) mass is 338 g/mol. The largest absolute Gasteiger partial charge is 0.480 e. The molecule has 0 radical (unpaired) electrons. The lowest BCUT2D eigenvalue weighted by atomic mass is 10.3. The number of carbonyl (C=O) groups is 2. The first kappa shape index (κ1) is 15.4. The Morgan fingerprint density at radius 2 is 2.17 bits per heavy atom. The van der Waals surface area contributed by atoms with Gasteiger partial charge < -0.3 is 10.0 Å². The number of aromatic nitrogens is 3. The molecule has 1 aliphatic rings. The Kier molecular flexibility index (Phi) is 3.99. The summed E-state index contributed by atoms with van der Waals surface area (Å²) in [7, 11) is 0. The second-order valence-corrected chi connectivity index (χ2v) is 5.59. The molecule has 1 fully saturated rings.